The Balaban J connectivity index is 1.81. The first-order valence-electron chi connectivity index (χ1n) is 7.43. The van der Waals surface area contributed by atoms with Crippen LogP contribution in [-0.2, 0) is 0 Å². The molecule has 2 bridgehead atoms. The Morgan fingerprint density at radius 3 is 2.65 bits per heavy atom. The van der Waals surface area contributed by atoms with Gasteiger partial charge in [-0.2, -0.15) is 0 Å². The lowest BCUT2D eigenvalue weighted by Crippen LogP contribution is -2.50. The minimum Gasteiger partial charge on any atom is -0.367 e. The second kappa shape index (κ2) is 5.40. The summed E-state index contributed by atoms with van der Waals surface area (Å²) in [6, 6.07) is 2.74. The van der Waals surface area contributed by atoms with Crippen LogP contribution in [0.2, 0.25) is 0 Å². The van der Waals surface area contributed by atoms with E-state index in [-0.39, 0.29) is 22.9 Å². The third-order valence-electron chi connectivity index (χ3n) is 4.54. The summed E-state index contributed by atoms with van der Waals surface area (Å²) in [6.07, 6.45) is 7.49. The van der Waals surface area contributed by atoms with Gasteiger partial charge in [0.1, 0.15) is 5.56 Å². The van der Waals surface area contributed by atoms with Crippen LogP contribution in [-0.4, -0.2) is 40.5 Å². The van der Waals surface area contributed by atoms with Crippen LogP contribution in [0.25, 0.3) is 0 Å². The molecule has 0 aliphatic carbocycles. The monoisotopic (exact) mass is 275 g/mol. The largest absolute Gasteiger partial charge is 0.367 e. The number of rotatable bonds is 3. The second-order valence-corrected chi connectivity index (χ2v) is 5.78. The molecule has 108 valence electrons. The zero-order valence-electron chi connectivity index (χ0n) is 11.8. The van der Waals surface area contributed by atoms with Crippen LogP contribution in [0.5, 0.6) is 0 Å². The summed E-state index contributed by atoms with van der Waals surface area (Å²) < 4.78 is 0. The molecule has 0 saturated carbocycles. The van der Waals surface area contributed by atoms with Gasteiger partial charge in [0, 0.05) is 43.1 Å². The van der Waals surface area contributed by atoms with Gasteiger partial charge in [-0.3, -0.25) is 9.59 Å². The third-order valence-corrected chi connectivity index (χ3v) is 4.54. The van der Waals surface area contributed by atoms with Crippen LogP contribution < -0.4 is 10.7 Å². The van der Waals surface area contributed by atoms with E-state index in [1.54, 1.807) is 6.20 Å². The van der Waals surface area contributed by atoms with E-state index in [2.05, 4.69) is 10.3 Å². The van der Waals surface area contributed by atoms with Gasteiger partial charge < -0.3 is 15.2 Å². The standard InChI is InChI=1S/C15H21N3O2/c1-2-18(12-7-10-3-4-11(8-12)17-10)15(20)13-9-16-6-5-14(13)19/h5-6,9-12,17H,2-4,7-8H2,1H3,(H,16,19). The average Bonchev–Trinajstić information content (AvgIpc) is 2.79. The van der Waals surface area contributed by atoms with Crippen molar-refractivity contribution in [3.8, 4) is 0 Å². The van der Waals surface area contributed by atoms with Gasteiger partial charge in [0.25, 0.3) is 5.91 Å². The van der Waals surface area contributed by atoms with Crippen molar-refractivity contribution in [3.05, 3.63) is 34.2 Å². The Hall–Kier alpha value is -1.62. The molecule has 20 heavy (non-hydrogen) atoms. The number of aromatic amines is 1. The molecule has 2 atom stereocenters. The zero-order chi connectivity index (χ0) is 14.1. The predicted molar refractivity (Wildman–Crippen MR) is 76.7 cm³/mol. The number of H-pyrrole nitrogens is 1. The summed E-state index contributed by atoms with van der Waals surface area (Å²) in [6.45, 7) is 2.64. The summed E-state index contributed by atoms with van der Waals surface area (Å²) in [5, 5.41) is 3.58. The molecule has 0 radical (unpaired) electrons. The van der Waals surface area contributed by atoms with E-state index in [0.29, 0.717) is 18.6 Å². The number of carbonyl (C=O) groups is 1. The average molecular weight is 275 g/mol. The fourth-order valence-corrected chi connectivity index (χ4v) is 3.59. The molecule has 3 rings (SSSR count). The molecule has 5 heteroatoms. The fraction of sp³-hybridized carbons (Fsp3) is 0.600. The van der Waals surface area contributed by atoms with Crippen LogP contribution in [0.15, 0.2) is 23.3 Å². The highest BCUT2D eigenvalue weighted by molar-refractivity contribution is 5.94. The van der Waals surface area contributed by atoms with Crippen molar-refractivity contribution >= 4 is 5.91 Å². The number of amides is 1. The summed E-state index contributed by atoms with van der Waals surface area (Å²) in [5.74, 6) is -0.138. The van der Waals surface area contributed by atoms with Crippen molar-refractivity contribution in [1.82, 2.24) is 15.2 Å². The Kier molecular flexibility index (Phi) is 3.61. The van der Waals surface area contributed by atoms with Crippen molar-refractivity contribution in [3.63, 3.8) is 0 Å². The lowest BCUT2D eigenvalue weighted by Gasteiger charge is -2.37. The number of carbonyl (C=O) groups excluding carboxylic acids is 1. The van der Waals surface area contributed by atoms with Gasteiger partial charge in [-0.15, -0.1) is 0 Å². The first-order chi connectivity index (χ1) is 9.69. The number of aromatic nitrogens is 1. The Bertz CT molecular complexity index is 542. The van der Waals surface area contributed by atoms with Gasteiger partial charge in [-0.1, -0.05) is 0 Å². The maximum Gasteiger partial charge on any atom is 0.259 e. The highest BCUT2D eigenvalue weighted by Gasteiger charge is 2.37. The van der Waals surface area contributed by atoms with Gasteiger partial charge in [0.2, 0.25) is 0 Å². The zero-order valence-corrected chi connectivity index (χ0v) is 11.8. The topological polar surface area (TPSA) is 65.2 Å². The minimum absolute atomic E-state index is 0.138. The van der Waals surface area contributed by atoms with Crippen molar-refractivity contribution in [2.24, 2.45) is 0 Å². The highest BCUT2D eigenvalue weighted by Crippen LogP contribution is 2.30. The quantitative estimate of drug-likeness (QED) is 0.869. The molecule has 0 aromatic carbocycles. The summed E-state index contributed by atoms with van der Waals surface area (Å²) in [7, 11) is 0. The number of piperidine rings is 1. The Labute approximate surface area is 118 Å². The van der Waals surface area contributed by atoms with E-state index < -0.39 is 0 Å². The van der Waals surface area contributed by atoms with E-state index in [1.165, 1.54) is 25.1 Å². The molecule has 1 aromatic rings. The summed E-state index contributed by atoms with van der Waals surface area (Å²) in [4.78, 5) is 29.1. The molecule has 3 heterocycles. The normalized spacial score (nSPS) is 28.4. The van der Waals surface area contributed by atoms with E-state index >= 15 is 0 Å². The first-order valence-corrected chi connectivity index (χ1v) is 7.43. The smallest absolute Gasteiger partial charge is 0.259 e. The number of hydrogen-bond acceptors (Lipinski definition) is 3. The molecule has 2 saturated heterocycles. The molecule has 0 spiro atoms. The molecule has 1 aromatic heterocycles. The fourth-order valence-electron chi connectivity index (χ4n) is 3.59. The van der Waals surface area contributed by atoms with Crippen LogP contribution in [0, 0.1) is 0 Å². The lowest BCUT2D eigenvalue weighted by atomic mass is 9.97. The molecule has 5 nitrogen and oxygen atoms in total. The maximum absolute atomic E-state index is 12.6. The van der Waals surface area contributed by atoms with Gasteiger partial charge in [0.05, 0.1) is 0 Å². The Morgan fingerprint density at radius 1 is 1.35 bits per heavy atom. The molecule has 2 aliphatic rings. The number of pyridine rings is 1. The number of nitrogens with one attached hydrogen (secondary N) is 2. The molecule has 2 fully saturated rings. The molecule has 1 amide bonds. The van der Waals surface area contributed by atoms with Gasteiger partial charge in [-0.25, -0.2) is 0 Å². The van der Waals surface area contributed by atoms with Crippen molar-refractivity contribution < 1.29 is 4.79 Å². The maximum atomic E-state index is 12.6. The van der Waals surface area contributed by atoms with E-state index in [9.17, 15) is 9.59 Å². The third kappa shape index (κ3) is 2.38. The number of fused-ring (bicyclic) bond motifs is 2. The van der Waals surface area contributed by atoms with Crippen LogP contribution in [0.3, 0.4) is 0 Å². The van der Waals surface area contributed by atoms with E-state index in [0.717, 1.165) is 12.8 Å². The van der Waals surface area contributed by atoms with Crippen LogP contribution in [0.1, 0.15) is 43.0 Å². The second-order valence-electron chi connectivity index (χ2n) is 5.78. The molecule has 2 aliphatic heterocycles. The number of hydrogen-bond donors (Lipinski definition) is 2. The van der Waals surface area contributed by atoms with E-state index in [4.69, 9.17) is 0 Å². The predicted octanol–water partition coefficient (Wildman–Crippen LogP) is 1.12. The first kappa shape index (κ1) is 13.4. The van der Waals surface area contributed by atoms with Gasteiger partial charge in [0.15, 0.2) is 5.43 Å². The summed E-state index contributed by atoms with van der Waals surface area (Å²) in [5.41, 5.74) is 0.0457. The summed E-state index contributed by atoms with van der Waals surface area (Å²) >= 11 is 0. The van der Waals surface area contributed by atoms with Gasteiger partial charge in [-0.05, 0) is 32.6 Å². The van der Waals surface area contributed by atoms with Gasteiger partial charge >= 0.3 is 0 Å². The molecule has 2 unspecified atom stereocenters. The van der Waals surface area contributed by atoms with Crippen molar-refractivity contribution in [1.29, 1.82) is 0 Å². The highest BCUT2D eigenvalue weighted by atomic mass is 16.2. The molecule has 2 N–H and O–H groups in total. The van der Waals surface area contributed by atoms with Crippen LogP contribution in [0.4, 0.5) is 0 Å². The molecular formula is C15H21N3O2. The van der Waals surface area contributed by atoms with Crippen molar-refractivity contribution in [2.75, 3.05) is 6.54 Å². The number of nitrogens with zero attached hydrogens (tertiary/aromatic N) is 1. The minimum atomic E-state index is -0.205. The van der Waals surface area contributed by atoms with Crippen LogP contribution >= 0.6 is 0 Å². The SMILES string of the molecule is CCN(C(=O)c1c[nH]ccc1=O)C1CC2CCC(C1)N2. The van der Waals surface area contributed by atoms with Crippen molar-refractivity contribution in [2.45, 2.75) is 50.7 Å². The molecular weight excluding hydrogens is 254 g/mol. The van der Waals surface area contributed by atoms with E-state index in [1.807, 2.05) is 11.8 Å². The Morgan fingerprint density at radius 2 is 2.05 bits per heavy atom. The lowest BCUT2D eigenvalue weighted by molar-refractivity contribution is 0.0629.